The van der Waals surface area contributed by atoms with Gasteiger partial charge in [0.05, 0.1) is 0 Å². The first kappa shape index (κ1) is 19.0. The Morgan fingerprint density at radius 2 is 1.70 bits per heavy atom. The molecule has 2 aromatic carbocycles. The number of carbonyl (C=O) groups excluding carboxylic acids is 2. The lowest BCUT2D eigenvalue weighted by atomic mass is 10.1. The normalized spacial score (nSPS) is 14.6. The zero-order valence-corrected chi connectivity index (χ0v) is 16.0. The van der Waals surface area contributed by atoms with Gasteiger partial charge in [0.1, 0.15) is 12.4 Å². The molecule has 0 saturated carbocycles. The van der Waals surface area contributed by atoms with Crippen LogP contribution in [-0.2, 0) is 11.4 Å². The molecule has 27 heavy (non-hydrogen) atoms. The summed E-state index contributed by atoms with van der Waals surface area (Å²) in [6.45, 7) is 6.62. The summed E-state index contributed by atoms with van der Waals surface area (Å²) in [6, 6.07) is 15.5. The fourth-order valence-corrected chi connectivity index (χ4v) is 3.31. The topological polar surface area (TPSA) is 49.9 Å². The van der Waals surface area contributed by atoms with Crippen molar-refractivity contribution in [2.24, 2.45) is 0 Å². The van der Waals surface area contributed by atoms with Crippen LogP contribution < -0.4 is 4.74 Å². The van der Waals surface area contributed by atoms with Gasteiger partial charge in [0.2, 0.25) is 5.91 Å². The monoisotopic (exact) mass is 366 g/mol. The zero-order valence-electron chi connectivity index (χ0n) is 16.0. The molecule has 0 aliphatic carbocycles. The van der Waals surface area contributed by atoms with Crippen LogP contribution in [0.4, 0.5) is 0 Å². The first-order valence-corrected chi connectivity index (χ1v) is 9.36. The summed E-state index contributed by atoms with van der Waals surface area (Å²) < 4.78 is 5.87. The zero-order chi connectivity index (χ0) is 19.2. The van der Waals surface area contributed by atoms with E-state index < -0.39 is 0 Å². The van der Waals surface area contributed by atoms with Gasteiger partial charge < -0.3 is 14.5 Å². The Kier molecular flexibility index (Phi) is 6.12. The first-order valence-electron chi connectivity index (χ1n) is 9.36. The summed E-state index contributed by atoms with van der Waals surface area (Å²) in [5.74, 6) is 0.736. The molecule has 0 atom stereocenters. The van der Waals surface area contributed by atoms with Crippen molar-refractivity contribution in [1.29, 1.82) is 0 Å². The van der Waals surface area contributed by atoms with E-state index in [1.807, 2.05) is 35.2 Å². The minimum atomic E-state index is -0.0126. The van der Waals surface area contributed by atoms with Crippen LogP contribution in [0.2, 0.25) is 0 Å². The Morgan fingerprint density at radius 1 is 0.963 bits per heavy atom. The summed E-state index contributed by atoms with van der Waals surface area (Å²) in [4.78, 5) is 28.0. The van der Waals surface area contributed by atoms with Gasteiger partial charge in [-0.2, -0.15) is 0 Å². The van der Waals surface area contributed by atoms with Gasteiger partial charge in [-0.25, -0.2) is 0 Å². The van der Waals surface area contributed by atoms with Gasteiger partial charge in [-0.3, -0.25) is 9.59 Å². The molecule has 1 saturated heterocycles. The summed E-state index contributed by atoms with van der Waals surface area (Å²) in [6.07, 6.45) is 0.800. The first-order chi connectivity index (χ1) is 13.0. The second-order valence-electron chi connectivity index (χ2n) is 6.96. The molecule has 1 aliphatic heterocycles. The predicted molar refractivity (Wildman–Crippen MR) is 105 cm³/mol. The van der Waals surface area contributed by atoms with Crippen LogP contribution in [0.3, 0.4) is 0 Å². The minimum absolute atomic E-state index is 0.0126. The molecule has 0 unspecified atom stereocenters. The van der Waals surface area contributed by atoms with Crippen LogP contribution in [0, 0.1) is 6.92 Å². The van der Waals surface area contributed by atoms with Crippen molar-refractivity contribution in [3.63, 3.8) is 0 Å². The van der Waals surface area contributed by atoms with Crippen LogP contribution in [0.15, 0.2) is 48.5 Å². The fourth-order valence-electron chi connectivity index (χ4n) is 3.31. The van der Waals surface area contributed by atoms with Gasteiger partial charge in [0, 0.05) is 38.7 Å². The van der Waals surface area contributed by atoms with Crippen molar-refractivity contribution < 1.29 is 14.3 Å². The summed E-state index contributed by atoms with van der Waals surface area (Å²) in [5.41, 5.74) is 2.91. The Morgan fingerprint density at radius 3 is 2.48 bits per heavy atom. The molecule has 5 nitrogen and oxygen atoms in total. The fraction of sp³-hybridized carbons (Fsp3) is 0.364. The lowest BCUT2D eigenvalue weighted by molar-refractivity contribution is -0.128. The van der Waals surface area contributed by atoms with Gasteiger partial charge in [-0.05, 0) is 37.1 Å². The molecule has 142 valence electrons. The molecule has 0 radical (unpaired) electrons. The van der Waals surface area contributed by atoms with E-state index in [1.54, 1.807) is 17.9 Å². The van der Waals surface area contributed by atoms with Gasteiger partial charge in [0.15, 0.2) is 0 Å². The maximum atomic E-state index is 12.9. The lowest BCUT2D eigenvalue weighted by Gasteiger charge is -2.21. The average molecular weight is 366 g/mol. The van der Waals surface area contributed by atoms with Crippen molar-refractivity contribution >= 4 is 11.8 Å². The highest BCUT2D eigenvalue weighted by atomic mass is 16.5. The average Bonchev–Trinajstić information content (AvgIpc) is 2.92. The van der Waals surface area contributed by atoms with Crippen molar-refractivity contribution in [2.45, 2.75) is 26.9 Å². The second-order valence-corrected chi connectivity index (χ2v) is 6.96. The van der Waals surface area contributed by atoms with E-state index in [2.05, 4.69) is 19.1 Å². The maximum absolute atomic E-state index is 12.9. The molecular formula is C22H26N2O3. The number of benzene rings is 2. The Hall–Kier alpha value is -2.82. The number of hydrogen-bond donors (Lipinski definition) is 0. The van der Waals surface area contributed by atoms with Crippen LogP contribution >= 0.6 is 0 Å². The standard InChI is InChI=1S/C22H26N2O3/c1-17-6-3-7-19(14-17)16-27-21-9-4-8-20(15-21)22(26)24-11-5-10-23(12-13-24)18(2)25/h3-4,6-9,14-15H,5,10-13,16H2,1-2H3. The highest BCUT2D eigenvalue weighted by molar-refractivity contribution is 5.94. The molecule has 2 amide bonds. The molecule has 2 aromatic rings. The van der Waals surface area contributed by atoms with Gasteiger partial charge >= 0.3 is 0 Å². The molecule has 5 heteroatoms. The third-order valence-electron chi connectivity index (χ3n) is 4.80. The molecule has 0 spiro atoms. The summed E-state index contributed by atoms with van der Waals surface area (Å²) >= 11 is 0. The van der Waals surface area contributed by atoms with E-state index in [-0.39, 0.29) is 11.8 Å². The Labute approximate surface area is 160 Å². The van der Waals surface area contributed by atoms with E-state index in [1.165, 1.54) is 5.56 Å². The van der Waals surface area contributed by atoms with E-state index in [9.17, 15) is 9.59 Å². The van der Waals surface area contributed by atoms with Crippen LogP contribution in [0.25, 0.3) is 0 Å². The number of carbonyl (C=O) groups is 2. The highest BCUT2D eigenvalue weighted by Crippen LogP contribution is 2.18. The van der Waals surface area contributed by atoms with E-state index in [0.717, 1.165) is 12.0 Å². The third kappa shape index (κ3) is 5.09. The molecule has 0 aromatic heterocycles. The molecule has 0 N–H and O–H groups in total. The molecule has 0 bridgehead atoms. The lowest BCUT2D eigenvalue weighted by Crippen LogP contribution is -2.36. The summed E-state index contributed by atoms with van der Waals surface area (Å²) in [7, 11) is 0. The summed E-state index contributed by atoms with van der Waals surface area (Å²) in [5, 5.41) is 0. The van der Waals surface area contributed by atoms with Crippen LogP contribution in [0.5, 0.6) is 5.75 Å². The van der Waals surface area contributed by atoms with Gasteiger partial charge in [0.25, 0.3) is 5.91 Å². The van der Waals surface area contributed by atoms with Gasteiger partial charge in [-0.1, -0.05) is 35.9 Å². The Balaban J connectivity index is 1.64. The number of aryl methyl sites for hydroxylation is 1. The molecule has 1 aliphatic rings. The van der Waals surface area contributed by atoms with E-state index in [4.69, 9.17) is 4.74 Å². The van der Waals surface area contributed by atoms with Crippen molar-refractivity contribution in [1.82, 2.24) is 9.80 Å². The SMILES string of the molecule is CC(=O)N1CCCN(C(=O)c2cccc(OCc3cccc(C)c3)c2)CC1. The molecule has 3 rings (SSSR count). The minimum Gasteiger partial charge on any atom is -0.489 e. The molecule has 1 heterocycles. The molecular weight excluding hydrogens is 340 g/mol. The molecule has 1 fully saturated rings. The van der Waals surface area contributed by atoms with E-state index in [0.29, 0.717) is 44.1 Å². The van der Waals surface area contributed by atoms with Gasteiger partial charge in [-0.15, -0.1) is 0 Å². The number of amides is 2. The third-order valence-corrected chi connectivity index (χ3v) is 4.80. The van der Waals surface area contributed by atoms with E-state index >= 15 is 0 Å². The highest BCUT2D eigenvalue weighted by Gasteiger charge is 2.21. The van der Waals surface area contributed by atoms with Crippen LogP contribution in [0.1, 0.15) is 34.8 Å². The number of rotatable bonds is 4. The predicted octanol–water partition coefficient (Wildman–Crippen LogP) is 3.27. The number of ether oxygens (including phenoxy) is 1. The van der Waals surface area contributed by atoms with Crippen LogP contribution in [-0.4, -0.2) is 47.8 Å². The maximum Gasteiger partial charge on any atom is 0.254 e. The Bertz CT molecular complexity index is 819. The number of nitrogens with zero attached hydrogens (tertiary/aromatic N) is 2. The number of hydrogen-bond acceptors (Lipinski definition) is 3. The van der Waals surface area contributed by atoms with Crippen molar-refractivity contribution in [3.8, 4) is 5.75 Å². The second kappa shape index (κ2) is 8.71. The quantitative estimate of drug-likeness (QED) is 0.834. The van der Waals surface area contributed by atoms with Crippen molar-refractivity contribution in [3.05, 3.63) is 65.2 Å². The smallest absolute Gasteiger partial charge is 0.254 e. The van der Waals surface area contributed by atoms with Crippen molar-refractivity contribution in [2.75, 3.05) is 26.2 Å². The largest absolute Gasteiger partial charge is 0.489 e.